The van der Waals surface area contributed by atoms with Gasteiger partial charge in [-0.25, -0.2) is 4.79 Å². The van der Waals surface area contributed by atoms with Crippen LogP contribution in [-0.4, -0.2) is 21.8 Å². The van der Waals surface area contributed by atoms with Crippen molar-refractivity contribution in [1.29, 1.82) is 0 Å². The number of hydrogen-bond acceptors (Lipinski definition) is 5. The number of aliphatic carboxylic acids is 1. The first-order chi connectivity index (χ1) is 6.52. The highest BCUT2D eigenvalue weighted by molar-refractivity contribution is 7.80. The van der Waals surface area contributed by atoms with Crippen molar-refractivity contribution in [3.05, 3.63) is 24.0 Å². The SMILES string of the molecule is NC(CS)(C(=O)O)c1ncccc1S. The molecule has 1 aromatic rings. The standard InChI is InChI=1S/C8H10N2O2S2/c9-8(4-13,7(11)12)6-5(14)2-1-3-10-6/h1-3,13-14H,4,9H2,(H,11,12). The highest BCUT2D eigenvalue weighted by atomic mass is 32.1. The maximum Gasteiger partial charge on any atom is 0.330 e. The number of nitrogens with two attached hydrogens (primary N) is 1. The third-order valence-electron chi connectivity index (χ3n) is 1.84. The Morgan fingerprint density at radius 3 is 2.79 bits per heavy atom. The molecule has 0 aromatic carbocycles. The fraction of sp³-hybridized carbons (Fsp3) is 0.250. The number of nitrogens with zero attached hydrogens (tertiary/aromatic N) is 1. The summed E-state index contributed by atoms with van der Waals surface area (Å²) < 4.78 is 0. The fourth-order valence-corrected chi connectivity index (χ4v) is 1.61. The predicted molar refractivity (Wildman–Crippen MR) is 58.8 cm³/mol. The average Bonchev–Trinajstić information content (AvgIpc) is 2.17. The number of hydrogen-bond donors (Lipinski definition) is 4. The van der Waals surface area contributed by atoms with E-state index < -0.39 is 11.5 Å². The van der Waals surface area contributed by atoms with Crippen molar-refractivity contribution in [3.63, 3.8) is 0 Å². The molecule has 1 atom stereocenters. The van der Waals surface area contributed by atoms with E-state index in [0.717, 1.165) is 0 Å². The molecule has 0 aliphatic rings. The van der Waals surface area contributed by atoms with Crippen LogP contribution in [0.4, 0.5) is 0 Å². The van der Waals surface area contributed by atoms with Gasteiger partial charge in [-0.3, -0.25) is 4.98 Å². The summed E-state index contributed by atoms with van der Waals surface area (Å²) in [6.07, 6.45) is 1.48. The molecule has 0 aliphatic carbocycles. The van der Waals surface area contributed by atoms with Crippen LogP contribution < -0.4 is 5.73 Å². The lowest BCUT2D eigenvalue weighted by Gasteiger charge is -2.22. The van der Waals surface area contributed by atoms with E-state index in [4.69, 9.17) is 10.8 Å². The molecule has 3 N–H and O–H groups in total. The number of carbonyl (C=O) groups is 1. The molecule has 0 fully saturated rings. The van der Waals surface area contributed by atoms with Gasteiger partial charge in [0, 0.05) is 16.8 Å². The smallest absolute Gasteiger partial charge is 0.330 e. The molecule has 1 rings (SSSR count). The summed E-state index contributed by atoms with van der Waals surface area (Å²) in [4.78, 5) is 15.3. The van der Waals surface area contributed by atoms with Gasteiger partial charge in [-0.1, -0.05) is 0 Å². The highest BCUT2D eigenvalue weighted by Crippen LogP contribution is 2.23. The predicted octanol–water partition coefficient (Wildman–Crippen LogP) is 0.539. The highest BCUT2D eigenvalue weighted by Gasteiger charge is 2.37. The molecular formula is C8H10N2O2S2. The Morgan fingerprint density at radius 1 is 1.71 bits per heavy atom. The summed E-state index contributed by atoms with van der Waals surface area (Å²) in [6.45, 7) is 0. The minimum absolute atomic E-state index is 0.0348. The molecule has 0 aliphatic heterocycles. The van der Waals surface area contributed by atoms with Crippen LogP contribution in [0.5, 0.6) is 0 Å². The maximum absolute atomic E-state index is 11.0. The van der Waals surface area contributed by atoms with Crippen molar-refractivity contribution in [2.24, 2.45) is 5.73 Å². The van der Waals surface area contributed by atoms with Crippen LogP contribution in [0.1, 0.15) is 5.69 Å². The third-order valence-corrected chi connectivity index (χ3v) is 2.70. The summed E-state index contributed by atoms with van der Waals surface area (Å²) in [5, 5.41) is 8.96. The van der Waals surface area contributed by atoms with Crippen LogP contribution in [-0.2, 0) is 10.3 Å². The molecule has 14 heavy (non-hydrogen) atoms. The lowest BCUT2D eigenvalue weighted by molar-refractivity contribution is -0.143. The molecule has 1 aromatic heterocycles. The van der Waals surface area contributed by atoms with Crippen LogP contribution >= 0.6 is 25.3 Å². The van der Waals surface area contributed by atoms with Gasteiger partial charge < -0.3 is 10.8 Å². The fourth-order valence-electron chi connectivity index (χ4n) is 0.984. The number of thiol groups is 2. The monoisotopic (exact) mass is 230 g/mol. The average molecular weight is 230 g/mol. The number of pyridine rings is 1. The number of carboxylic acids is 1. The van der Waals surface area contributed by atoms with Crippen molar-refractivity contribution in [1.82, 2.24) is 4.98 Å². The van der Waals surface area contributed by atoms with Gasteiger partial charge >= 0.3 is 5.97 Å². The second-order valence-corrected chi connectivity index (χ2v) is 3.60. The zero-order valence-electron chi connectivity index (χ0n) is 7.21. The van der Waals surface area contributed by atoms with Gasteiger partial charge in [-0.15, -0.1) is 12.6 Å². The lowest BCUT2D eigenvalue weighted by Crippen LogP contribution is -2.47. The second kappa shape index (κ2) is 4.20. The molecule has 0 spiro atoms. The third kappa shape index (κ3) is 1.87. The van der Waals surface area contributed by atoms with Gasteiger partial charge in [0.25, 0.3) is 0 Å². The summed E-state index contributed by atoms with van der Waals surface area (Å²) in [6, 6.07) is 3.30. The van der Waals surface area contributed by atoms with Crippen LogP contribution in [0.15, 0.2) is 23.2 Å². The summed E-state index contributed by atoms with van der Waals surface area (Å²) >= 11 is 8.02. The Balaban J connectivity index is 3.26. The first-order valence-electron chi connectivity index (χ1n) is 3.80. The summed E-state index contributed by atoms with van der Waals surface area (Å²) in [5.74, 6) is -1.20. The van der Waals surface area contributed by atoms with Crippen LogP contribution in [0, 0.1) is 0 Å². The van der Waals surface area contributed by atoms with Gasteiger partial charge in [0.05, 0.1) is 5.69 Å². The lowest BCUT2D eigenvalue weighted by atomic mass is 9.98. The number of rotatable bonds is 3. The van der Waals surface area contributed by atoms with E-state index in [2.05, 4.69) is 30.2 Å². The molecule has 0 saturated heterocycles. The Labute approximate surface area is 92.4 Å². The first kappa shape index (κ1) is 11.4. The molecule has 4 nitrogen and oxygen atoms in total. The molecule has 1 unspecified atom stereocenters. The molecule has 76 valence electrons. The first-order valence-corrected chi connectivity index (χ1v) is 4.88. The zero-order valence-corrected chi connectivity index (χ0v) is 9.00. The van der Waals surface area contributed by atoms with E-state index >= 15 is 0 Å². The Bertz CT molecular complexity index is 359. The van der Waals surface area contributed by atoms with Crippen LogP contribution in [0.25, 0.3) is 0 Å². The molecule has 0 saturated carbocycles. The van der Waals surface area contributed by atoms with Crippen molar-refractivity contribution < 1.29 is 9.90 Å². The maximum atomic E-state index is 11.0. The van der Waals surface area contributed by atoms with E-state index in [1.807, 2.05) is 0 Å². The molecular weight excluding hydrogens is 220 g/mol. The van der Waals surface area contributed by atoms with Crippen molar-refractivity contribution in [3.8, 4) is 0 Å². The Kier molecular flexibility index (Phi) is 3.41. The van der Waals surface area contributed by atoms with Crippen molar-refractivity contribution in [2.45, 2.75) is 10.4 Å². The normalized spacial score (nSPS) is 14.8. The summed E-state index contributed by atoms with van der Waals surface area (Å²) in [5.41, 5.74) is 4.32. The minimum atomic E-state index is -1.58. The Hall–Kier alpha value is -0.720. The van der Waals surface area contributed by atoms with Gasteiger partial charge in [-0.05, 0) is 12.1 Å². The van der Waals surface area contributed by atoms with Gasteiger partial charge in [0.15, 0.2) is 5.54 Å². The molecule has 0 bridgehead atoms. The van der Waals surface area contributed by atoms with E-state index in [-0.39, 0.29) is 11.4 Å². The quantitative estimate of drug-likeness (QED) is 0.572. The zero-order chi connectivity index (χ0) is 10.8. The molecule has 0 amide bonds. The van der Waals surface area contributed by atoms with E-state index in [0.29, 0.717) is 4.90 Å². The largest absolute Gasteiger partial charge is 0.480 e. The van der Waals surface area contributed by atoms with Crippen LogP contribution in [0.2, 0.25) is 0 Å². The number of aromatic nitrogens is 1. The van der Waals surface area contributed by atoms with Gasteiger partial charge in [0.1, 0.15) is 0 Å². The molecule has 1 heterocycles. The van der Waals surface area contributed by atoms with Crippen molar-refractivity contribution >= 4 is 31.2 Å². The topological polar surface area (TPSA) is 76.2 Å². The van der Waals surface area contributed by atoms with E-state index in [1.165, 1.54) is 6.20 Å². The van der Waals surface area contributed by atoms with Crippen LogP contribution in [0.3, 0.4) is 0 Å². The van der Waals surface area contributed by atoms with Crippen molar-refractivity contribution in [2.75, 3.05) is 5.75 Å². The van der Waals surface area contributed by atoms with E-state index in [1.54, 1.807) is 12.1 Å². The second-order valence-electron chi connectivity index (χ2n) is 2.81. The molecule has 6 heteroatoms. The number of carboxylic acid groups (broad SMARTS) is 1. The molecule has 0 radical (unpaired) electrons. The van der Waals surface area contributed by atoms with Gasteiger partial charge in [0.2, 0.25) is 0 Å². The van der Waals surface area contributed by atoms with E-state index in [9.17, 15) is 4.79 Å². The minimum Gasteiger partial charge on any atom is -0.480 e. The van der Waals surface area contributed by atoms with Gasteiger partial charge in [-0.2, -0.15) is 12.6 Å². The summed E-state index contributed by atoms with van der Waals surface area (Å²) in [7, 11) is 0. The Morgan fingerprint density at radius 2 is 2.36 bits per heavy atom.